The molecule has 5 nitrogen and oxygen atoms in total. The van der Waals surface area contributed by atoms with Crippen LogP contribution in [0.25, 0.3) is 0 Å². The quantitative estimate of drug-likeness (QED) is 0.0374. The molecule has 1 unspecified atom stereocenters. The number of allylic oxidation sites excluding steroid dienone is 17. The number of esters is 2. The third kappa shape index (κ3) is 53.2. The van der Waals surface area contributed by atoms with E-state index in [1.807, 2.05) is 6.08 Å². The van der Waals surface area contributed by atoms with Crippen LogP contribution in [0.5, 0.6) is 0 Å². The van der Waals surface area contributed by atoms with Crippen molar-refractivity contribution in [3.63, 3.8) is 0 Å². The first kappa shape index (κ1) is 62.6. The van der Waals surface area contributed by atoms with E-state index < -0.39 is 12.1 Å². The van der Waals surface area contributed by atoms with Gasteiger partial charge in [0, 0.05) is 6.42 Å². The predicted octanol–water partition coefficient (Wildman–Crippen LogP) is 18.5. The molecule has 0 aliphatic rings. The van der Waals surface area contributed by atoms with Crippen LogP contribution >= 0.6 is 0 Å². The van der Waals surface area contributed by atoms with Crippen molar-refractivity contribution in [1.29, 1.82) is 0 Å². The van der Waals surface area contributed by atoms with Crippen molar-refractivity contribution in [2.45, 2.75) is 251 Å². The molecule has 0 spiro atoms. The van der Waals surface area contributed by atoms with Crippen molar-refractivity contribution >= 4 is 11.9 Å². The summed E-state index contributed by atoms with van der Waals surface area (Å²) in [6.07, 6.45) is 81.1. The van der Waals surface area contributed by atoms with Gasteiger partial charge in [-0.15, -0.1) is 0 Å². The Hall–Kier alpha value is -3.44. The largest absolute Gasteiger partial charge is 0.462 e. The first-order valence-corrected chi connectivity index (χ1v) is 27.4. The summed E-state index contributed by atoms with van der Waals surface area (Å²) in [6, 6.07) is 0. The Kier molecular flexibility index (Phi) is 53.0. The fraction of sp³-hybridized carbons (Fsp3) is 0.672. The zero-order valence-corrected chi connectivity index (χ0v) is 42.9. The first-order valence-electron chi connectivity index (χ1n) is 27.4. The zero-order chi connectivity index (χ0) is 47.7. The standard InChI is InChI=1S/C61H102O5/c1-3-5-7-9-11-13-15-17-19-20-21-22-23-24-25-26-27-28-29-30-31-32-33-34-35-36-37-38-39-40-42-43-45-47-49-51-53-55-60(63)65-58-59(57-62)66-61(64)56-54-52-50-48-46-44-41-18-16-14-12-10-8-6-4-2/h5-8,11-14,17-19,21-22,41,46,48,52,54,59,62H,3-4,9-10,15-16,20,23-40,42-45,47,49-51,53,55-58H2,1-2H3/b7-5-,8-6-,13-11-,14-12-,19-17-,22-21-,41-18-,48-46-,54-52-. The van der Waals surface area contributed by atoms with E-state index in [-0.39, 0.29) is 25.6 Å². The minimum atomic E-state index is -0.830. The highest BCUT2D eigenvalue weighted by Gasteiger charge is 2.15. The van der Waals surface area contributed by atoms with E-state index in [4.69, 9.17) is 9.47 Å². The van der Waals surface area contributed by atoms with Crippen molar-refractivity contribution in [3.05, 3.63) is 109 Å². The normalized spacial score (nSPS) is 13.1. The van der Waals surface area contributed by atoms with Gasteiger partial charge in [-0.05, 0) is 77.0 Å². The molecule has 0 saturated carbocycles. The van der Waals surface area contributed by atoms with Gasteiger partial charge in [0.05, 0.1) is 13.0 Å². The van der Waals surface area contributed by atoms with Crippen molar-refractivity contribution in [3.8, 4) is 0 Å². The van der Waals surface area contributed by atoms with Gasteiger partial charge in [0.25, 0.3) is 0 Å². The highest BCUT2D eigenvalue weighted by atomic mass is 16.6. The summed E-state index contributed by atoms with van der Waals surface area (Å²) in [4.78, 5) is 24.4. The maximum Gasteiger partial charge on any atom is 0.310 e. The summed E-state index contributed by atoms with van der Waals surface area (Å²) < 4.78 is 10.6. The van der Waals surface area contributed by atoms with Gasteiger partial charge in [-0.2, -0.15) is 0 Å². The zero-order valence-electron chi connectivity index (χ0n) is 42.9. The Morgan fingerprint density at radius 3 is 0.985 bits per heavy atom. The Morgan fingerprint density at radius 2 is 0.652 bits per heavy atom. The van der Waals surface area contributed by atoms with Gasteiger partial charge in [0.1, 0.15) is 6.61 Å². The lowest BCUT2D eigenvalue weighted by atomic mass is 10.0. The average molecular weight is 915 g/mol. The number of carbonyl (C=O) groups is 2. The molecule has 0 saturated heterocycles. The highest BCUT2D eigenvalue weighted by molar-refractivity contribution is 5.71. The second-order valence-corrected chi connectivity index (χ2v) is 17.9. The van der Waals surface area contributed by atoms with E-state index in [2.05, 4.69) is 111 Å². The van der Waals surface area contributed by atoms with Crippen molar-refractivity contribution in [2.24, 2.45) is 0 Å². The molecule has 0 fully saturated rings. The molecule has 1 atom stereocenters. The second kappa shape index (κ2) is 55.9. The molecule has 0 aliphatic carbocycles. The molecule has 0 aromatic heterocycles. The first-order chi connectivity index (χ1) is 32.6. The van der Waals surface area contributed by atoms with E-state index in [1.165, 1.54) is 141 Å². The van der Waals surface area contributed by atoms with Crippen LogP contribution < -0.4 is 0 Å². The Labute approximate surface area is 408 Å². The maximum absolute atomic E-state index is 12.2. The number of aliphatic hydroxyl groups excluding tert-OH is 1. The molecule has 0 aromatic rings. The van der Waals surface area contributed by atoms with E-state index in [0.717, 1.165) is 77.0 Å². The number of unbranched alkanes of at least 4 members (excludes halogenated alkanes) is 24. The fourth-order valence-corrected chi connectivity index (χ4v) is 7.56. The third-order valence-electron chi connectivity index (χ3n) is 11.6. The molecule has 1 N–H and O–H groups in total. The van der Waals surface area contributed by atoms with E-state index in [9.17, 15) is 14.7 Å². The molecule has 0 bridgehead atoms. The van der Waals surface area contributed by atoms with Crippen LogP contribution in [-0.4, -0.2) is 36.4 Å². The van der Waals surface area contributed by atoms with Crippen LogP contribution in [0, 0.1) is 0 Å². The van der Waals surface area contributed by atoms with Crippen LogP contribution in [0.1, 0.15) is 245 Å². The maximum atomic E-state index is 12.2. The Bertz CT molecular complexity index is 1310. The monoisotopic (exact) mass is 915 g/mol. The Balaban J connectivity index is 3.47. The van der Waals surface area contributed by atoms with Crippen LogP contribution in [0.15, 0.2) is 109 Å². The van der Waals surface area contributed by atoms with Gasteiger partial charge >= 0.3 is 11.9 Å². The summed E-state index contributed by atoms with van der Waals surface area (Å²) in [7, 11) is 0. The average Bonchev–Trinajstić information content (AvgIpc) is 3.32. The van der Waals surface area contributed by atoms with Crippen LogP contribution in [-0.2, 0) is 19.1 Å². The van der Waals surface area contributed by atoms with Gasteiger partial charge in [-0.3, -0.25) is 9.59 Å². The van der Waals surface area contributed by atoms with Gasteiger partial charge in [0.15, 0.2) is 6.10 Å². The molecule has 5 heteroatoms. The molecular weight excluding hydrogens is 813 g/mol. The lowest BCUT2D eigenvalue weighted by Crippen LogP contribution is -2.28. The van der Waals surface area contributed by atoms with Gasteiger partial charge in [-0.1, -0.05) is 264 Å². The fourth-order valence-electron chi connectivity index (χ4n) is 7.56. The third-order valence-corrected chi connectivity index (χ3v) is 11.6. The number of ether oxygens (including phenoxy) is 2. The summed E-state index contributed by atoms with van der Waals surface area (Å²) in [5.41, 5.74) is 0. The number of aliphatic hydroxyl groups is 1. The highest BCUT2D eigenvalue weighted by Crippen LogP contribution is 2.16. The van der Waals surface area contributed by atoms with Crippen LogP contribution in [0.4, 0.5) is 0 Å². The van der Waals surface area contributed by atoms with Crippen molar-refractivity contribution in [2.75, 3.05) is 13.2 Å². The summed E-state index contributed by atoms with van der Waals surface area (Å²) in [5, 5.41) is 9.59. The molecule has 0 rings (SSSR count). The molecule has 0 aromatic carbocycles. The van der Waals surface area contributed by atoms with Crippen LogP contribution in [0.3, 0.4) is 0 Å². The lowest BCUT2D eigenvalue weighted by molar-refractivity contribution is -0.160. The summed E-state index contributed by atoms with van der Waals surface area (Å²) in [6.45, 7) is 3.83. The van der Waals surface area contributed by atoms with E-state index in [1.54, 1.807) is 6.08 Å². The van der Waals surface area contributed by atoms with Crippen LogP contribution in [0.2, 0.25) is 0 Å². The molecule has 376 valence electrons. The topological polar surface area (TPSA) is 72.8 Å². The number of rotatable bonds is 49. The molecule has 0 aliphatic heterocycles. The SMILES string of the molecule is CC/C=C\C/C=C\C/C=C\C/C=C\C/C=C\CC(=O)OC(CO)COC(=O)CCCCCCCCCCCCCCCCCCCCCCCCCC/C=C\C/C=C\C/C=C\C/C=C\CC. The van der Waals surface area contributed by atoms with Gasteiger partial charge < -0.3 is 14.6 Å². The minimum Gasteiger partial charge on any atom is -0.462 e. The van der Waals surface area contributed by atoms with Crippen molar-refractivity contribution < 1.29 is 24.2 Å². The molecule has 0 heterocycles. The number of hydrogen-bond acceptors (Lipinski definition) is 5. The molecule has 0 amide bonds. The number of hydrogen-bond donors (Lipinski definition) is 1. The molecule has 0 radical (unpaired) electrons. The lowest BCUT2D eigenvalue weighted by Gasteiger charge is -2.15. The predicted molar refractivity (Wildman–Crippen MR) is 288 cm³/mol. The summed E-state index contributed by atoms with van der Waals surface area (Å²) in [5.74, 6) is -0.736. The smallest absolute Gasteiger partial charge is 0.310 e. The minimum absolute atomic E-state index is 0.108. The van der Waals surface area contributed by atoms with Crippen molar-refractivity contribution in [1.82, 2.24) is 0 Å². The van der Waals surface area contributed by atoms with Gasteiger partial charge in [-0.25, -0.2) is 0 Å². The number of carbonyl (C=O) groups excluding carboxylic acids is 2. The van der Waals surface area contributed by atoms with E-state index in [0.29, 0.717) is 6.42 Å². The molecular formula is C61H102O5. The van der Waals surface area contributed by atoms with E-state index >= 15 is 0 Å². The molecule has 66 heavy (non-hydrogen) atoms. The van der Waals surface area contributed by atoms with Gasteiger partial charge in [0.2, 0.25) is 0 Å². The second-order valence-electron chi connectivity index (χ2n) is 17.9. The summed E-state index contributed by atoms with van der Waals surface area (Å²) >= 11 is 0. The Morgan fingerprint density at radius 1 is 0.364 bits per heavy atom.